The maximum Gasteiger partial charge on any atom is 0.376 e. The van der Waals surface area contributed by atoms with Gasteiger partial charge in [0.25, 0.3) is 11.8 Å². The molecule has 4 rings (SSSR count). The molecule has 4 aromatic rings. The van der Waals surface area contributed by atoms with Crippen LogP contribution in [0.2, 0.25) is 10.0 Å². The monoisotopic (exact) mass is 473 g/mol. The van der Waals surface area contributed by atoms with Crippen molar-refractivity contribution in [1.82, 2.24) is 24.7 Å². The number of rotatable bonds is 6. The van der Waals surface area contributed by atoms with E-state index < -0.39 is 5.97 Å². The highest BCUT2D eigenvalue weighted by Gasteiger charge is 2.28. The van der Waals surface area contributed by atoms with E-state index in [0.717, 1.165) is 0 Å². The lowest BCUT2D eigenvalue weighted by atomic mass is 10.2. The molecule has 164 valence electrons. The van der Waals surface area contributed by atoms with E-state index in [4.69, 9.17) is 37.4 Å². The Bertz CT molecular complexity index is 1310. The summed E-state index contributed by atoms with van der Waals surface area (Å²) in [6.45, 7) is 1.85. The first kappa shape index (κ1) is 21.8. The molecule has 0 unspecified atom stereocenters. The second kappa shape index (κ2) is 8.97. The van der Waals surface area contributed by atoms with Gasteiger partial charge in [-0.25, -0.2) is 14.8 Å². The molecule has 0 bridgehead atoms. The first-order valence-corrected chi connectivity index (χ1v) is 10.2. The Labute approximate surface area is 192 Å². The molecule has 0 aliphatic rings. The molecule has 0 saturated carbocycles. The molecule has 0 spiro atoms. The summed E-state index contributed by atoms with van der Waals surface area (Å²) in [7, 11) is 2.89. The van der Waals surface area contributed by atoms with E-state index in [-0.39, 0.29) is 39.9 Å². The van der Waals surface area contributed by atoms with Crippen molar-refractivity contribution in [3.05, 3.63) is 52.3 Å². The number of aromatic nitrogens is 5. The molecule has 0 N–H and O–H groups in total. The molecule has 2 aromatic heterocycles. The number of nitrogens with zero attached hydrogens (tertiary/aromatic N) is 5. The predicted octanol–water partition coefficient (Wildman–Crippen LogP) is 4.38. The lowest BCUT2D eigenvalue weighted by Crippen LogP contribution is -2.14. The van der Waals surface area contributed by atoms with Crippen LogP contribution >= 0.6 is 23.2 Å². The number of hydrogen-bond acceptors (Lipinski definition) is 8. The second-order valence-corrected chi connectivity index (χ2v) is 7.19. The van der Waals surface area contributed by atoms with Crippen molar-refractivity contribution in [2.45, 2.75) is 6.92 Å². The fourth-order valence-electron chi connectivity index (χ4n) is 3.16. The number of fused-ring (bicyclic) bond motifs is 1. The smallest absolute Gasteiger partial charge is 0.376 e. The third-order valence-electron chi connectivity index (χ3n) is 4.53. The summed E-state index contributed by atoms with van der Waals surface area (Å²) in [5.74, 6) is -0.128. The average Bonchev–Trinajstić information content (AvgIpc) is 3.24. The molecule has 0 fully saturated rings. The van der Waals surface area contributed by atoms with Crippen LogP contribution in [0, 0.1) is 0 Å². The van der Waals surface area contributed by atoms with Gasteiger partial charge in [0.15, 0.2) is 5.82 Å². The molecular formula is C21H17Cl2N5O4. The van der Waals surface area contributed by atoms with Gasteiger partial charge < -0.3 is 14.2 Å². The van der Waals surface area contributed by atoms with Crippen molar-refractivity contribution in [3.63, 3.8) is 0 Å². The van der Waals surface area contributed by atoms with E-state index in [2.05, 4.69) is 20.2 Å². The molecule has 2 aromatic carbocycles. The standard InChI is InChI=1S/C21H17Cl2N5O4/c1-4-32-21(29)18-27-26-17(11-8-6-5-7-9-11)28(18)16-14(23)12(22)10-13-15(16)25-20(31-3)19(24-13)30-2/h5-10H,4H2,1-3H3. The fourth-order valence-corrected chi connectivity index (χ4v) is 3.58. The maximum atomic E-state index is 12.7. The highest BCUT2D eigenvalue weighted by molar-refractivity contribution is 6.44. The van der Waals surface area contributed by atoms with Crippen LogP contribution in [0.4, 0.5) is 0 Å². The largest absolute Gasteiger partial charge is 0.477 e. The minimum absolute atomic E-state index is 0.0900. The quantitative estimate of drug-likeness (QED) is 0.380. The van der Waals surface area contributed by atoms with Gasteiger partial charge in [0.05, 0.1) is 42.1 Å². The van der Waals surface area contributed by atoms with Gasteiger partial charge in [-0.3, -0.25) is 4.57 Å². The van der Waals surface area contributed by atoms with Crippen LogP contribution in [-0.2, 0) is 4.74 Å². The zero-order chi connectivity index (χ0) is 22.8. The number of esters is 1. The van der Waals surface area contributed by atoms with Gasteiger partial charge in [0, 0.05) is 5.56 Å². The Morgan fingerprint density at radius 3 is 2.38 bits per heavy atom. The molecule has 0 amide bonds. The van der Waals surface area contributed by atoms with Gasteiger partial charge in [-0.15, -0.1) is 10.2 Å². The number of carbonyl (C=O) groups excluding carboxylic acids is 1. The van der Waals surface area contributed by atoms with Gasteiger partial charge >= 0.3 is 5.97 Å². The predicted molar refractivity (Wildman–Crippen MR) is 119 cm³/mol. The third-order valence-corrected chi connectivity index (χ3v) is 5.31. The maximum absolute atomic E-state index is 12.7. The normalized spacial score (nSPS) is 10.9. The van der Waals surface area contributed by atoms with Crippen LogP contribution in [0.15, 0.2) is 36.4 Å². The zero-order valence-electron chi connectivity index (χ0n) is 17.3. The van der Waals surface area contributed by atoms with Gasteiger partial charge in [-0.1, -0.05) is 53.5 Å². The van der Waals surface area contributed by atoms with E-state index in [1.807, 2.05) is 30.3 Å². The van der Waals surface area contributed by atoms with Crippen LogP contribution in [0.25, 0.3) is 28.1 Å². The molecule has 0 aliphatic heterocycles. The molecule has 32 heavy (non-hydrogen) atoms. The van der Waals surface area contributed by atoms with Gasteiger partial charge in [-0.2, -0.15) is 0 Å². The number of ether oxygens (including phenoxy) is 3. The molecule has 0 radical (unpaired) electrons. The van der Waals surface area contributed by atoms with Crippen molar-refractivity contribution in [2.75, 3.05) is 20.8 Å². The van der Waals surface area contributed by atoms with Crippen LogP contribution in [0.3, 0.4) is 0 Å². The van der Waals surface area contributed by atoms with Crippen LogP contribution in [0.5, 0.6) is 11.8 Å². The summed E-state index contributed by atoms with van der Waals surface area (Å²) in [4.78, 5) is 21.7. The second-order valence-electron chi connectivity index (χ2n) is 6.40. The van der Waals surface area contributed by atoms with Crippen molar-refractivity contribution in [1.29, 1.82) is 0 Å². The highest BCUT2D eigenvalue weighted by Crippen LogP contribution is 2.39. The summed E-state index contributed by atoms with van der Waals surface area (Å²) in [6.07, 6.45) is 0. The fraction of sp³-hybridized carbons (Fsp3) is 0.190. The van der Waals surface area contributed by atoms with Crippen molar-refractivity contribution < 1.29 is 19.0 Å². The molecule has 0 atom stereocenters. The van der Waals surface area contributed by atoms with Gasteiger partial charge in [-0.05, 0) is 13.0 Å². The van der Waals surface area contributed by atoms with Crippen molar-refractivity contribution in [3.8, 4) is 28.8 Å². The van der Waals surface area contributed by atoms with E-state index in [1.54, 1.807) is 13.0 Å². The summed E-state index contributed by atoms with van der Waals surface area (Å²) < 4.78 is 17.2. The molecule has 2 heterocycles. The SMILES string of the molecule is CCOC(=O)c1nnc(-c2ccccc2)n1-c1c(Cl)c(Cl)cc2nc(OC)c(OC)nc12. The number of hydrogen-bond donors (Lipinski definition) is 0. The molecule has 11 heteroatoms. The number of carbonyl (C=O) groups is 1. The van der Waals surface area contributed by atoms with Gasteiger partial charge in [0.1, 0.15) is 5.52 Å². The Morgan fingerprint density at radius 2 is 1.72 bits per heavy atom. The Hall–Kier alpha value is -3.43. The van der Waals surface area contributed by atoms with Crippen LogP contribution in [0.1, 0.15) is 17.5 Å². The van der Waals surface area contributed by atoms with Crippen molar-refractivity contribution in [2.24, 2.45) is 0 Å². The van der Waals surface area contributed by atoms with E-state index in [9.17, 15) is 4.79 Å². The molecule has 0 saturated heterocycles. The number of methoxy groups -OCH3 is 2. The van der Waals surface area contributed by atoms with Crippen LogP contribution < -0.4 is 9.47 Å². The zero-order valence-corrected chi connectivity index (χ0v) is 18.8. The molecule has 0 aliphatic carbocycles. The highest BCUT2D eigenvalue weighted by atomic mass is 35.5. The van der Waals surface area contributed by atoms with E-state index in [1.165, 1.54) is 18.8 Å². The summed E-state index contributed by atoms with van der Waals surface area (Å²) in [5.41, 5.74) is 1.62. The first-order valence-electron chi connectivity index (χ1n) is 9.46. The average molecular weight is 474 g/mol. The third kappa shape index (κ3) is 3.69. The lowest BCUT2D eigenvalue weighted by Gasteiger charge is -2.16. The Balaban J connectivity index is 2.12. The van der Waals surface area contributed by atoms with E-state index >= 15 is 0 Å². The topological polar surface area (TPSA) is 101 Å². The molecule has 9 nitrogen and oxygen atoms in total. The minimum Gasteiger partial charge on any atom is -0.477 e. The van der Waals surface area contributed by atoms with Crippen molar-refractivity contribution >= 4 is 40.2 Å². The Kier molecular flexibility index (Phi) is 6.11. The number of halogens is 2. The minimum atomic E-state index is -0.681. The van der Waals surface area contributed by atoms with Gasteiger partial charge in [0.2, 0.25) is 5.82 Å². The van der Waals surface area contributed by atoms with Crippen LogP contribution in [-0.4, -0.2) is 51.5 Å². The van der Waals surface area contributed by atoms with E-state index in [0.29, 0.717) is 22.4 Å². The summed E-state index contributed by atoms with van der Waals surface area (Å²) in [5, 5.41) is 8.62. The Morgan fingerprint density at radius 1 is 1.03 bits per heavy atom. The summed E-state index contributed by atoms with van der Waals surface area (Å²) in [6, 6.07) is 10.7. The number of benzene rings is 2. The first-order chi connectivity index (χ1) is 15.5. The summed E-state index contributed by atoms with van der Waals surface area (Å²) >= 11 is 13.1. The molecular weight excluding hydrogens is 457 g/mol. The lowest BCUT2D eigenvalue weighted by molar-refractivity contribution is 0.0509.